The van der Waals surface area contributed by atoms with Crippen molar-refractivity contribution < 1.29 is 0 Å². The van der Waals surface area contributed by atoms with Crippen molar-refractivity contribution in [2.45, 2.75) is 32.1 Å². The molecule has 0 saturated heterocycles. The molecule has 1 aliphatic heterocycles. The van der Waals surface area contributed by atoms with Crippen LogP contribution in [0.25, 0.3) is 0 Å². The molecule has 1 heterocycles. The molecule has 2 rings (SSSR count). The highest BCUT2D eigenvalue weighted by atomic mass is 15.8. The van der Waals surface area contributed by atoms with Gasteiger partial charge in [0.2, 0.25) is 0 Å². The van der Waals surface area contributed by atoms with Gasteiger partial charge < -0.3 is 0 Å². The van der Waals surface area contributed by atoms with Crippen LogP contribution in [0.3, 0.4) is 0 Å². The van der Waals surface area contributed by atoms with E-state index < -0.39 is 0 Å². The highest BCUT2D eigenvalue weighted by molar-refractivity contribution is 5.87. The Morgan fingerprint density at radius 3 is 2.77 bits per heavy atom. The van der Waals surface area contributed by atoms with E-state index in [2.05, 4.69) is 32.1 Å². The van der Waals surface area contributed by atoms with Crippen LogP contribution in [0.15, 0.2) is 10.2 Å². The predicted octanol–water partition coefficient (Wildman–Crippen LogP) is -0.221. The van der Waals surface area contributed by atoms with E-state index in [4.69, 9.17) is 0 Å². The summed E-state index contributed by atoms with van der Waals surface area (Å²) < 4.78 is 0. The molecule has 0 spiro atoms. The van der Waals surface area contributed by atoms with Crippen LogP contribution in [0.2, 0.25) is 0 Å². The third-order valence-corrected chi connectivity index (χ3v) is 2.16. The van der Waals surface area contributed by atoms with Crippen molar-refractivity contribution >= 4 is 11.7 Å². The first-order valence-corrected chi connectivity index (χ1v) is 4.60. The summed E-state index contributed by atoms with van der Waals surface area (Å²) in [5, 5.41) is 8.10. The monoisotopic (exact) mass is 182 g/mol. The highest BCUT2D eigenvalue weighted by Crippen LogP contribution is 2.13. The second kappa shape index (κ2) is 4.08. The third kappa shape index (κ3) is 2.32. The number of hydrazine groups is 2. The molecule has 4 N–H and O–H groups in total. The minimum absolute atomic E-state index is 0.609. The topological polar surface area (TPSA) is 72.8 Å². The Morgan fingerprint density at radius 1 is 1.23 bits per heavy atom. The van der Waals surface area contributed by atoms with Gasteiger partial charge in [-0.1, -0.05) is 6.42 Å². The standard InChI is InChI=1S/C7H14N6/c1-2-4-6(5-3-1)8-9-7-10-12-13-11-7/h12-13H,1-5H2,(H2,9,10,11). The lowest BCUT2D eigenvalue weighted by atomic mass is 9.99. The van der Waals surface area contributed by atoms with Gasteiger partial charge in [-0.25, -0.2) is 11.0 Å². The molecule has 2 aliphatic rings. The summed E-state index contributed by atoms with van der Waals surface area (Å²) in [4.78, 5) is 0. The molecule has 1 saturated carbocycles. The summed E-state index contributed by atoms with van der Waals surface area (Å²) in [6, 6.07) is 0. The van der Waals surface area contributed by atoms with Gasteiger partial charge in [-0.15, -0.1) is 10.6 Å². The van der Waals surface area contributed by atoms with Crippen LogP contribution in [0, 0.1) is 0 Å². The van der Waals surface area contributed by atoms with Gasteiger partial charge in [0.25, 0.3) is 5.96 Å². The van der Waals surface area contributed by atoms with E-state index in [1.54, 1.807) is 0 Å². The van der Waals surface area contributed by atoms with Gasteiger partial charge in [0.05, 0.1) is 0 Å². The maximum atomic E-state index is 4.26. The normalized spacial score (nSPS) is 21.5. The molecule has 0 amide bonds. The fourth-order valence-electron chi connectivity index (χ4n) is 1.46. The van der Waals surface area contributed by atoms with E-state index >= 15 is 0 Å². The van der Waals surface area contributed by atoms with E-state index in [1.807, 2.05) is 0 Å². The third-order valence-electron chi connectivity index (χ3n) is 2.16. The molecule has 72 valence electrons. The number of nitrogens with zero attached hydrogens (tertiary/aromatic N) is 2. The summed E-state index contributed by atoms with van der Waals surface area (Å²) in [6.07, 6.45) is 6.08. The minimum Gasteiger partial charge on any atom is -0.270 e. The molecule has 0 radical (unpaired) electrons. The maximum absolute atomic E-state index is 4.26. The van der Waals surface area contributed by atoms with Crippen LogP contribution >= 0.6 is 0 Å². The predicted molar refractivity (Wildman–Crippen MR) is 50.5 cm³/mol. The fraction of sp³-hybridized carbons (Fsp3) is 0.714. The second-order valence-corrected chi connectivity index (χ2v) is 3.17. The smallest absolute Gasteiger partial charge is 0.251 e. The molecule has 0 aromatic heterocycles. The van der Waals surface area contributed by atoms with E-state index in [-0.39, 0.29) is 0 Å². The second-order valence-electron chi connectivity index (χ2n) is 3.17. The molecule has 0 unspecified atom stereocenters. The Morgan fingerprint density at radius 2 is 2.08 bits per heavy atom. The van der Waals surface area contributed by atoms with Crippen molar-refractivity contribution in [3.8, 4) is 0 Å². The first kappa shape index (κ1) is 8.31. The van der Waals surface area contributed by atoms with Gasteiger partial charge in [0, 0.05) is 5.71 Å². The number of hydrazone groups is 2. The number of rotatable bonds is 1. The van der Waals surface area contributed by atoms with Crippen molar-refractivity contribution in [1.82, 2.24) is 21.9 Å². The molecule has 1 fully saturated rings. The molecule has 0 aromatic rings. The molecule has 13 heavy (non-hydrogen) atoms. The summed E-state index contributed by atoms with van der Waals surface area (Å²) >= 11 is 0. The molecular formula is C7H14N6. The Bertz CT molecular complexity index is 225. The zero-order valence-electron chi connectivity index (χ0n) is 7.43. The van der Waals surface area contributed by atoms with Crippen LogP contribution in [-0.2, 0) is 0 Å². The van der Waals surface area contributed by atoms with E-state index in [0.717, 1.165) is 12.8 Å². The molecule has 0 aromatic carbocycles. The number of nitrogens with one attached hydrogen (secondary N) is 4. The van der Waals surface area contributed by atoms with Crippen molar-refractivity contribution in [3.05, 3.63) is 0 Å². The SMILES string of the molecule is C1CCC(=NNC2=NNNN2)CC1. The average molecular weight is 182 g/mol. The van der Waals surface area contributed by atoms with E-state index in [9.17, 15) is 0 Å². The van der Waals surface area contributed by atoms with Gasteiger partial charge in [-0.3, -0.25) is 5.43 Å². The number of guanidine groups is 1. The molecule has 1 aliphatic carbocycles. The van der Waals surface area contributed by atoms with Gasteiger partial charge >= 0.3 is 0 Å². The molecule has 6 heteroatoms. The lowest BCUT2D eigenvalue weighted by Crippen LogP contribution is -2.40. The Labute approximate surface area is 76.8 Å². The van der Waals surface area contributed by atoms with E-state index in [0.29, 0.717) is 5.96 Å². The van der Waals surface area contributed by atoms with Gasteiger partial charge in [0.15, 0.2) is 0 Å². The zero-order valence-corrected chi connectivity index (χ0v) is 7.43. The van der Waals surface area contributed by atoms with Gasteiger partial charge in [-0.2, -0.15) is 5.10 Å². The van der Waals surface area contributed by atoms with Crippen LogP contribution in [0.5, 0.6) is 0 Å². The lowest BCUT2D eigenvalue weighted by molar-refractivity contribution is 0.575. The average Bonchev–Trinajstić information content (AvgIpc) is 2.69. The number of hydrogen-bond acceptors (Lipinski definition) is 6. The summed E-state index contributed by atoms with van der Waals surface area (Å²) in [7, 11) is 0. The molecule has 6 nitrogen and oxygen atoms in total. The van der Waals surface area contributed by atoms with Crippen molar-refractivity contribution in [1.29, 1.82) is 0 Å². The van der Waals surface area contributed by atoms with Crippen LogP contribution in [0.1, 0.15) is 32.1 Å². The molecule has 0 bridgehead atoms. The van der Waals surface area contributed by atoms with Crippen molar-refractivity contribution in [3.63, 3.8) is 0 Å². The van der Waals surface area contributed by atoms with Gasteiger partial charge in [0.1, 0.15) is 0 Å². The van der Waals surface area contributed by atoms with Crippen LogP contribution in [-0.4, -0.2) is 11.7 Å². The Balaban J connectivity index is 1.81. The molecular weight excluding hydrogens is 168 g/mol. The van der Waals surface area contributed by atoms with Gasteiger partial charge in [-0.05, 0) is 25.7 Å². The zero-order chi connectivity index (χ0) is 8.93. The lowest BCUT2D eigenvalue weighted by Gasteiger charge is -2.11. The summed E-state index contributed by atoms with van der Waals surface area (Å²) in [5.74, 6) is 0.609. The fourth-order valence-corrected chi connectivity index (χ4v) is 1.46. The quantitative estimate of drug-likeness (QED) is 0.423. The van der Waals surface area contributed by atoms with Crippen LogP contribution in [0.4, 0.5) is 0 Å². The van der Waals surface area contributed by atoms with Crippen molar-refractivity contribution in [2.75, 3.05) is 0 Å². The summed E-state index contributed by atoms with van der Waals surface area (Å²) in [5.41, 5.74) is 12.0. The summed E-state index contributed by atoms with van der Waals surface area (Å²) in [6.45, 7) is 0. The highest BCUT2D eigenvalue weighted by Gasteiger charge is 2.07. The van der Waals surface area contributed by atoms with Crippen molar-refractivity contribution in [2.24, 2.45) is 10.2 Å². The largest absolute Gasteiger partial charge is 0.270 e. The molecule has 0 atom stereocenters. The maximum Gasteiger partial charge on any atom is 0.251 e. The number of hydrogen-bond donors (Lipinski definition) is 4. The van der Waals surface area contributed by atoms with E-state index in [1.165, 1.54) is 25.0 Å². The Hall–Kier alpha value is -1.30. The minimum atomic E-state index is 0.609. The first-order valence-electron chi connectivity index (χ1n) is 4.60. The Kier molecular flexibility index (Phi) is 2.61. The van der Waals surface area contributed by atoms with Crippen LogP contribution < -0.4 is 21.9 Å². The first-order chi connectivity index (χ1) is 6.45.